The predicted octanol–water partition coefficient (Wildman–Crippen LogP) is -0.306. The average molecular weight is 214 g/mol. The number of carbonyl (C=O) groups is 1. The van der Waals surface area contributed by atoms with Crippen molar-refractivity contribution in [2.45, 2.75) is 4.90 Å². The summed E-state index contributed by atoms with van der Waals surface area (Å²) in [5, 5.41) is 0. The molecule has 1 aromatic carbocycles. The molecule has 1 rings (SSSR count). The lowest BCUT2D eigenvalue weighted by atomic mass is 10.2. The van der Waals surface area contributed by atoms with Crippen LogP contribution < -0.4 is 10.5 Å². The van der Waals surface area contributed by atoms with Crippen molar-refractivity contribution < 1.29 is 13.2 Å². The van der Waals surface area contributed by atoms with Gasteiger partial charge in [-0.3, -0.25) is 4.79 Å². The Morgan fingerprint density at radius 1 is 1.43 bits per heavy atom. The van der Waals surface area contributed by atoms with E-state index in [-0.39, 0.29) is 10.5 Å². The predicted molar refractivity (Wildman–Crippen MR) is 51.2 cm³/mol. The highest BCUT2D eigenvalue weighted by Crippen LogP contribution is 2.10. The Labute approximate surface area is 82.0 Å². The molecule has 0 heterocycles. The lowest BCUT2D eigenvalue weighted by Gasteiger charge is -2.02. The number of nitrogens with one attached hydrogen (secondary N) is 1. The molecule has 3 N–H and O–H groups in total. The van der Waals surface area contributed by atoms with Crippen LogP contribution in [0.3, 0.4) is 0 Å². The van der Waals surface area contributed by atoms with Crippen LogP contribution in [0, 0.1) is 0 Å². The number of hydrogen-bond acceptors (Lipinski definition) is 3. The average Bonchev–Trinajstić information content (AvgIpc) is 2.18. The molecular formula is C8H10N2O3S. The minimum Gasteiger partial charge on any atom is -0.366 e. The van der Waals surface area contributed by atoms with Crippen LogP contribution in [0.4, 0.5) is 0 Å². The van der Waals surface area contributed by atoms with Gasteiger partial charge >= 0.3 is 0 Å². The molecule has 1 amide bonds. The number of amides is 1. The van der Waals surface area contributed by atoms with E-state index in [1.807, 2.05) is 0 Å². The van der Waals surface area contributed by atoms with Gasteiger partial charge in [-0.25, -0.2) is 13.1 Å². The Morgan fingerprint density at radius 2 is 2.07 bits per heavy atom. The third kappa shape index (κ3) is 2.09. The molecule has 76 valence electrons. The van der Waals surface area contributed by atoms with Gasteiger partial charge in [0.2, 0.25) is 15.9 Å². The van der Waals surface area contributed by atoms with Gasteiger partial charge < -0.3 is 5.73 Å². The molecule has 0 unspecified atom stereocenters. The maximum atomic E-state index is 11.3. The van der Waals surface area contributed by atoms with Gasteiger partial charge in [0.1, 0.15) is 0 Å². The lowest BCUT2D eigenvalue weighted by molar-refractivity contribution is 0.1000. The molecule has 0 fully saturated rings. The smallest absolute Gasteiger partial charge is 0.248 e. The number of sulfonamides is 1. The summed E-state index contributed by atoms with van der Waals surface area (Å²) in [4.78, 5) is 10.8. The molecule has 0 spiro atoms. The van der Waals surface area contributed by atoms with Gasteiger partial charge in [0.15, 0.2) is 0 Å². The molecule has 0 atom stereocenters. The summed E-state index contributed by atoms with van der Waals surface area (Å²) < 4.78 is 24.8. The van der Waals surface area contributed by atoms with E-state index < -0.39 is 15.9 Å². The monoisotopic (exact) mass is 214 g/mol. The van der Waals surface area contributed by atoms with Crippen molar-refractivity contribution >= 4 is 15.9 Å². The molecule has 5 nitrogen and oxygen atoms in total. The molecule has 0 aliphatic heterocycles. The van der Waals surface area contributed by atoms with E-state index in [0.29, 0.717) is 0 Å². The summed E-state index contributed by atoms with van der Waals surface area (Å²) in [7, 11) is -2.21. The Kier molecular flexibility index (Phi) is 2.87. The molecule has 6 heteroatoms. The standard InChI is InChI=1S/C8H10N2O3S/c1-10-14(12,13)7-4-2-3-6(5-7)8(9)11/h2-5,10H,1H3,(H2,9,11). The van der Waals surface area contributed by atoms with Crippen LogP contribution in [-0.4, -0.2) is 21.4 Å². The maximum absolute atomic E-state index is 11.3. The normalized spacial score (nSPS) is 11.2. The van der Waals surface area contributed by atoms with Gasteiger partial charge in [0, 0.05) is 5.56 Å². The van der Waals surface area contributed by atoms with Gasteiger partial charge in [0.05, 0.1) is 4.90 Å². The molecule has 0 radical (unpaired) electrons. The Bertz CT molecular complexity index is 453. The highest BCUT2D eigenvalue weighted by Gasteiger charge is 2.12. The van der Waals surface area contributed by atoms with Crippen LogP contribution in [0.2, 0.25) is 0 Å². The van der Waals surface area contributed by atoms with E-state index in [2.05, 4.69) is 4.72 Å². The van der Waals surface area contributed by atoms with Gasteiger partial charge in [-0.1, -0.05) is 6.07 Å². The summed E-state index contributed by atoms with van der Waals surface area (Å²) in [6.45, 7) is 0. The molecule has 14 heavy (non-hydrogen) atoms. The second-order valence-corrected chi connectivity index (χ2v) is 4.49. The number of hydrogen-bond donors (Lipinski definition) is 2. The van der Waals surface area contributed by atoms with Crippen LogP contribution in [0.15, 0.2) is 29.2 Å². The van der Waals surface area contributed by atoms with Crippen molar-refractivity contribution in [2.75, 3.05) is 7.05 Å². The van der Waals surface area contributed by atoms with Crippen molar-refractivity contribution in [3.63, 3.8) is 0 Å². The van der Waals surface area contributed by atoms with E-state index >= 15 is 0 Å². The molecule has 0 aliphatic carbocycles. The minimum atomic E-state index is -3.51. The van der Waals surface area contributed by atoms with Crippen LogP contribution in [-0.2, 0) is 10.0 Å². The lowest BCUT2D eigenvalue weighted by Crippen LogP contribution is -2.19. The Hall–Kier alpha value is -1.40. The van der Waals surface area contributed by atoms with Gasteiger partial charge in [-0.2, -0.15) is 0 Å². The summed E-state index contributed by atoms with van der Waals surface area (Å²) in [5.41, 5.74) is 5.18. The number of rotatable bonds is 3. The third-order valence-electron chi connectivity index (χ3n) is 1.70. The van der Waals surface area contributed by atoms with E-state index in [1.165, 1.54) is 31.3 Å². The molecule has 0 saturated carbocycles. The first-order valence-corrected chi connectivity index (χ1v) is 5.29. The highest BCUT2D eigenvalue weighted by atomic mass is 32.2. The maximum Gasteiger partial charge on any atom is 0.248 e. The Balaban J connectivity index is 3.26. The Morgan fingerprint density at radius 3 is 2.57 bits per heavy atom. The minimum absolute atomic E-state index is 0.0244. The fourth-order valence-corrected chi connectivity index (χ4v) is 1.71. The zero-order valence-corrected chi connectivity index (χ0v) is 8.34. The topological polar surface area (TPSA) is 89.3 Å². The van der Waals surface area contributed by atoms with E-state index in [9.17, 15) is 13.2 Å². The van der Waals surface area contributed by atoms with Crippen molar-refractivity contribution in [1.82, 2.24) is 4.72 Å². The van der Waals surface area contributed by atoms with Crippen molar-refractivity contribution in [2.24, 2.45) is 5.73 Å². The summed E-state index contributed by atoms with van der Waals surface area (Å²) in [5.74, 6) is -0.654. The SMILES string of the molecule is CNS(=O)(=O)c1cccc(C(N)=O)c1. The van der Waals surface area contributed by atoms with Crippen LogP contribution in [0.5, 0.6) is 0 Å². The van der Waals surface area contributed by atoms with Gasteiger partial charge in [-0.15, -0.1) is 0 Å². The molecule has 0 bridgehead atoms. The summed E-state index contributed by atoms with van der Waals surface area (Å²) in [6.07, 6.45) is 0. The molecule has 0 aromatic heterocycles. The highest BCUT2D eigenvalue weighted by molar-refractivity contribution is 7.89. The fourth-order valence-electron chi connectivity index (χ4n) is 0.934. The largest absolute Gasteiger partial charge is 0.366 e. The van der Waals surface area contributed by atoms with Gasteiger partial charge in [-0.05, 0) is 25.2 Å². The van der Waals surface area contributed by atoms with Crippen LogP contribution in [0.25, 0.3) is 0 Å². The van der Waals surface area contributed by atoms with E-state index in [4.69, 9.17) is 5.73 Å². The summed E-state index contributed by atoms with van der Waals surface area (Å²) >= 11 is 0. The number of nitrogens with two attached hydrogens (primary N) is 1. The third-order valence-corrected chi connectivity index (χ3v) is 3.11. The number of carbonyl (C=O) groups excluding carboxylic acids is 1. The number of benzene rings is 1. The van der Waals surface area contributed by atoms with E-state index in [0.717, 1.165) is 0 Å². The zero-order chi connectivity index (χ0) is 10.8. The summed E-state index contributed by atoms with van der Waals surface area (Å²) in [6, 6.07) is 5.54. The first kappa shape index (κ1) is 10.7. The van der Waals surface area contributed by atoms with Gasteiger partial charge in [0.25, 0.3) is 0 Å². The van der Waals surface area contributed by atoms with E-state index in [1.54, 1.807) is 0 Å². The van der Waals surface area contributed by atoms with Crippen molar-refractivity contribution in [3.05, 3.63) is 29.8 Å². The molecular weight excluding hydrogens is 204 g/mol. The molecule has 0 saturated heterocycles. The van der Waals surface area contributed by atoms with Crippen LogP contribution >= 0.6 is 0 Å². The first-order chi connectivity index (χ1) is 6.47. The first-order valence-electron chi connectivity index (χ1n) is 3.81. The van der Waals surface area contributed by atoms with Crippen molar-refractivity contribution in [3.8, 4) is 0 Å². The van der Waals surface area contributed by atoms with Crippen molar-refractivity contribution in [1.29, 1.82) is 0 Å². The second kappa shape index (κ2) is 3.77. The quantitative estimate of drug-likeness (QED) is 0.723. The zero-order valence-electron chi connectivity index (χ0n) is 7.52. The fraction of sp³-hybridized carbons (Fsp3) is 0.125. The second-order valence-electron chi connectivity index (χ2n) is 2.60. The molecule has 0 aliphatic rings. The number of primary amides is 1. The molecule has 1 aromatic rings. The van der Waals surface area contributed by atoms with Crippen LogP contribution in [0.1, 0.15) is 10.4 Å².